The molecule has 0 radical (unpaired) electrons. The standard InChI is InChI=1S/C21H24ClFN6/c1-27-7-5-16(6-8-27)29-12-14(10-25-29)20-17(22)11-24-18-2-3-19(26-21(18)20)28-9-4-15(23)13-28/h2-3,10-12,15-16H,4-9,13H2,1H3. The quantitative estimate of drug-likeness (QED) is 0.649. The van der Waals surface area contributed by atoms with Crippen molar-refractivity contribution >= 4 is 28.5 Å². The van der Waals surface area contributed by atoms with Gasteiger partial charge in [0, 0.05) is 30.1 Å². The number of nitrogens with zero attached hydrogens (tertiary/aromatic N) is 6. The monoisotopic (exact) mass is 414 g/mol. The Labute approximate surface area is 174 Å². The fraction of sp³-hybridized carbons (Fsp3) is 0.476. The molecule has 2 fully saturated rings. The predicted octanol–water partition coefficient (Wildman–Crippen LogP) is 3.96. The van der Waals surface area contributed by atoms with Gasteiger partial charge in [0.15, 0.2) is 0 Å². The Hall–Kier alpha value is -2.25. The SMILES string of the molecule is CN1CCC(n2cc(-c3c(Cl)cnc4ccc(N5CCC(F)C5)nc34)cn2)CC1. The van der Waals surface area contributed by atoms with Crippen molar-refractivity contribution in [1.82, 2.24) is 24.6 Å². The van der Waals surface area contributed by atoms with E-state index in [9.17, 15) is 4.39 Å². The third kappa shape index (κ3) is 3.57. The Morgan fingerprint density at radius 2 is 1.93 bits per heavy atom. The molecule has 2 aliphatic rings. The molecule has 3 aromatic rings. The molecule has 1 atom stereocenters. The van der Waals surface area contributed by atoms with Gasteiger partial charge in [0.2, 0.25) is 0 Å². The van der Waals surface area contributed by atoms with E-state index in [1.165, 1.54) is 0 Å². The lowest BCUT2D eigenvalue weighted by Crippen LogP contribution is -2.31. The van der Waals surface area contributed by atoms with E-state index in [1.807, 2.05) is 23.2 Å². The maximum absolute atomic E-state index is 13.7. The second kappa shape index (κ2) is 7.54. The van der Waals surface area contributed by atoms with Gasteiger partial charge in [-0.1, -0.05) is 11.6 Å². The van der Waals surface area contributed by atoms with Crippen LogP contribution in [0.5, 0.6) is 0 Å². The zero-order valence-electron chi connectivity index (χ0n) is 16.4. The van der Waals surface area contributed by atoms with Gasteiger partial charge in [-0.05, 0) is 51.5 Å². The van der Waals surface area contributed by atoms with Crippen molar-refractivity contribution in [1.29, 1.82) is 0 Å². The summed E-state index contributed by atoms with van der Waals surface area (Å²) in [7, 11) is 2.16. The molecular weight excluding hydrogens is 391 g/mol. The largest absolute Gasteiger partial charge is 0.354 e. The number of pyridine rings is 2. The molecule has 3 aromatic heterocycles. The van der Waals surface area contributed by atoms with Gasteiger partial charge in [-0.2, -0.15) is 5.10 Å². The van der Waals surface area contributed by atoms with E-state index in [0.29, 0.717) is 30.6 Å². The van der Waals surface area contributed by atoms with E-state index in [-0.39, 0.29) is 0 Å². The number of fused-ring (bicyclic) bond motifs is 1. The van der Waals surface area contributed by atoms with Crippen LogP contribution in [0.25, 0.3) is 22.2 Å². The number of hydrogen-bond acceptors (Lipinski definition) is 5. The number of likely N-dealkylation sites (tertiary alicyclic amines) is 1. The molecule has 5 rings (SSSR count). The summed E-state index contributed by atoms with van der Waals surface area (Å²) in [5.74, 6) is 0.769. The van der Waals surface area contributed by atoms with Gasteiger partial charge in [-0.3, -0.25) is 9.67 Å². The van der Waals surface area contributed by atoms with Crippen LogP contribution in [0.15, 0.2) is 30.7 Å². The first-order valence-corrected chi connectivity index (χ1v) is 10.5. The first-order valence-electron chi connectivity index (χ1n) is 10.2. The molecule has 1 unspecified atom stereocenters. The van der Waals surface area contributed by atoms with Crippen molar-refractivity contribution in [2.75, 3.05) is 38.1 Å². The maximum atomic E-state index is 13.7. The second-order valence-corrected chi connectivity index (χ2v) is 8.50. The van der Waals surface area contributed by atoms with Gasteiger partial charge >= 0.3 is 0 Å². The first kappa shape index (κ1) is 18.8. The Morgan fingerprint density at radius 3 is 2.69 bits per heavy atom. The minimum absolute atomic E-state index is 0.385. The molecule has 29 heavy (non-hydrogen) atoms. The van der Waals surface area contributed by atoms with Crippen LogP contribution in [0.4, 0.5) is 10.2 Å². The zero-order valence-corrected chi connectivity index (χ0v) is 17.2. The number of hydrogen-bond donors (Lipinski definition) is 0. The summed E-state index contributed by atoms with van der Waals surface area (Å²) in [6.07, 6.45) is 7.52. The number of piperidine rings is 1. The Balaban J connectivity index is 1.53. The number of aromatic nitrogens is 4. The van der Waals surface area contributed by atoms with Gasteiger partial charge in [0.1, 0.15) is 17.5 Å². The van der Waals surface area contributed by atoms with Gasteiger partial charge in [-0.15, -0.1) is 0 Å². The minimum Gasteiger partial charge on any atom is -0.354 e. The molecule has 2 saturated heterocycles. The van der Waals surface area contributed by atoms with E-state index in [4.69, 9.17) is 16.6 Å². The Bertz CT molecular complexity index is 1030. The molecule has 0 aromatic carbocycles. The molecule has 152 valence electrons. The van der Waals surface area contributed by atoms with Crippen LogP contribution >= 0.6 is 11.6 Å². The molecule has 8 heteroatoms. The predicted molar refractivity (Wildman–Crippen MR) is 113 cm³/mol. The third-order valence-electron chi connectivity index (χ3n) is 6.06. The maximum Gasteiger partial charge on any atom is 0.129 e. The fourth-order valence-electron chi connectivity index (χ4n) is 4.34. The summed E-state index contributed by atoms with van der Waals surface area (Å²) in [5.41, 5.74) is 3.29. The normalized spacial score (nSPS) is 21.3. The van der Waals surface area contributed by atoms with Gasteiger partial charge < -0.3 is 9.80 Å². The number of rotatable bonds is 3. The van der Waals surface area contributed by atoms with Gasteiger partial charge in [0.25, 0.3) is 0 Å². The molecule has 0 N–H and O–H groups in total. The highest BCUT2D eigenvalue weighted by Crippen LogP contribution is 2.35. The minimum atomic E-state index is -0.794. The van der Waals surface area contributed by atoms with Crippen LogP contribution in [0.1, 0.15) is 25.3 Å². The van der Waals surface area contributed by atoms with Gasteiger partial charge in [-0.25, -0.2) is 9.37 Å². The van der Waals surface area contributed by atoms with E-state index >= 15 is 0 Å². The molecule has 2 aliphatic heterocycles. The second-order valence-electron chi connectivity index (χ2n) is 8.09. The van der Waals surface area contributed by atoms with Crippen molar-refractivity contribution in [3.8, 4) is 11.1 Å². The highest BCUT2D eigenvalue weighted by molar-refractivity contribution is 6.34. The van der Waals surface area contributed by atoms with E-state index in [0.717, 1.165) is 53.9 Å². The van der Waals surface area contributed by atoms with E-state index < -0.39 is 6.17 Å². The summed E-state index contributed by atoms with van der Waals surface area (Å²) in [4.78, 5) is 13.6. The molecule has 5 heterocycles. The number of alkyl halides is 1. The van der Waals surface area contributed by atoms with Crippen molar-refractivity contribution in [3.05, 3.63) is 35.7 Å². The third-order valence-corrected chi connectivity index (χ3v) is 6.35. The average Bonchev–Trinajstić information content (AvgIpc) is 3.37. The molecule has 0 aliphatic carbocycles. The van der Waals surface area contributed by atoms with Crippen molar-refractivity contribution in [2.45, 2.75) is 31.5 Å². The molecule has 0 saturated carbocycles. The number of halogens is 2. The summed E-state index contributed by atoms with van der Waals surface area (Å²) < 4.78 is 15.7. The van der Waals surface area contributed by atoms with Gasteiger partial charge in [0.05, 0.1) is 29.3 Å². The van der Waals surface area contributed by atoms with Crippen molar-refractivity contribution in [3.63, 3.8) is 0 Å². The Kier molecular flexibility index (Phi) is 4.87. The lowest BCUT2D eigenvalue weighted by atomic mass is 10.1. The summed E-state index contributed by atoms with van der Waals surface area (Å²) >= 11 is 6.57. The Morgan fingerprint density at radius 1 is 1.10 bits per heavy atom. The van der Waals surface area contributed by atoms with Crippen LogP contribution in [-0.4, -0.2) is 64.0 Å². The lowest BCUT2D eigenvalue weighted by Gasteiger charge is -2.28. The van der Waals surface area contributed by atoms with Crippen LogP contribution in [0.2, 0.25) is 5.02 Å². The van der Waals surface area contributed by atoms with Crippen LogP contribution in [0, 0.1) is 0 Å². The summed E-state index contributed by atoms with van der Waals surface area (Å²) in [5, 5.41) is 5.18. The smallest absolute Gasteiger partial charge is 0.129 e. The molecule has 0 spiro atoms. The van der Waals surface area contributed by atoms with Crippen LogP contribution in [0.3, 0.4) is 0 Å². The van der Waals surface area contributed by atoms with Crippen LogP contribution < -0.4 is 4.90 Å². The average molecular weight is 415 g/mol. The van der Waals surface area contributed by atoms with E-state index in [1.54, 1.807) is 6.20 Å². The van der Waals surface area contributed by atoms with Crippen molar-refractivity contribution < 1.29 is 4.39 Å². The first-order chi connectivity index (χ1) is 14.1. The highest BCUT2D eigenvalue weighted by atomic mass is 35.5. The molecule has 0 bridgehead atoms. The molecular formula is C21H24ClFN6. The number of anilines is 1. The zero-order chi connectivity index (χ0) is 20.0. The highest BCUT2D eigenvalue weighted by Gasteiger charge is 2.24. The summed E-state index contributed by atoms with van der Waals surface area (Å²) in [6, 6.07) is 4.25. The van der Waals surface area contributed by atoms with Crippen molar-refractivity contribution in [2.24, 2.45) is 0 Å². The lowest BCUT2D eigenvalue weighted by molar-refractivity contribution is 0.212. The fourth-order valence-corrected chi connectivity index (χ4v) is 4.58. The molecule has 0 amide bonds. The summed E-state index contributed by atoms with van der Waals surface area (Å²) in [6.45, 7) is 3.22. The van der Waals surface area contributed by atoms with E-state index in [2.05, 4.69) is 32.9 Å². The topological polar surface area (TPSA) is 50.1 Å². The molecule has 6 nitrogen and oxygen atoms in total. The van der Waals surface area contributed by atoms with Crippen LogP contribution in [-0.2, 0) is 0 Å².